The van der Waals surface area contributed by atoms with Crippen LogP contribution < -0.4 is 5.56 Å². The van der Waals surface area contributed by atoms with Crippen molar-refractivity contribution in [3.63, 3.8) is 0 Å². The maximum Gasteiger partial charge on any atom is 0.258 e. The lowest BCUT2D eigenvalue weighted by atomic mass is 10.1. The number of carbonyl (C=O) groups excluding carboxylic acids is 1. The molecule has 6 heteroatoms. The van der Waals surface area contributed by atoms with E-state index in [1.807, 2.05) is 84.6 Å². The molecular weight excluding hydrogens is 418 g/mol. The molecule has 4 aromatic rings. The molecule has 32 heavy (non-hydrogen) atoms. The third-order valence-corrected chi connectivity index (χ3v) is 6.07. The molecule has 0 saturated carbocycles. The van der Waals surface area contributed by atoms with Gasteiger partial charge in [0, 0.05) is 31.1 Å². The number of rotatable bonds is 8. The fourth-order valence-corrected chi connectivity index (χ4v) is 4.32. The Kier molecular flexibility index (Phi) is 7.02. The van der Waals surface area contributed by atoms with Crippen LogP contribution in [0.25, 0.3) is 5.65 Å². The summed E-state index contributed by atoms with van der Waals surface area (Å²) in [5.74, 6) is 0.903. The number of fused-ring (bicyclic) bond motifs is 1. The van der Waals surface area contributed by atoms with Gasteiger partial charge in [0.1, 0.15) is 5.65 Å². The second kappa shape index (κ2) is 10.3. The summed E-state index contributed by atoms with van der Waals surface area (Å²) in [6.45, 7) is 3.06. The molecule has 0 aliphatic heterocycles. The number of benzene rings is 2. The predicted molar refractivity (Wildman–Crippen MR) is 129 cm³/mol. The van der Waals surface area contributed by atoms with Gasteiger partial charge in [-0.25, -0.2) is 4.98 Å². The zero-order chi connectivity index (χ0) is 22.3. The van der Waals surface area contributed by atoms with Crippen molar-refractivity contribution in [2.24, 2.45) is 0 Å². The third kappa shape index (κ3) is 5.65. The van der Waals surface area contributed by atoms with Crippen LogP contribution in [0.3, 0.4) is 0 Å². The van der Waals surface area contributed by atoms with Gasteiger partial charge >= 0.3 is 0 Å². The largest absolute Gasteiger partial charge is 0.333 e. The summed E-state index contributed by atoms with van der Waals surface area (Å²) >= 11 is 1.48. The van der Waals surface area contributed by atoms with Gasteiger partial charge in [-0.05, 0) is 29.7 Å². The number of hydrogen-bond donors (Lipinski definition) is 0. The third-order valence-electron chi connectivity index (χ3n) is 5.12. The first-order valence-corrected chi connectivity index (χ1v) is 11.7. The van der Waals surface area contributed by atoms with Crippen molar-refractivity contribution < 1.29 is 4.79 Å². The van der Waals surface area contributed by atoms with E-state index in [4.69, 9.17) is 0 Å². The monoisotopic (exact) mass is 443 g/mol. The second-order valence-electron chi connectivity index (χ2n) is 7.73. The lowest BCUT2D eigenvalue weighted by molar-refractivity contribution is -0.129. The minimum atomic E-state index is -0.101. The van der Waals surface area contributed by atoms with Crippen molar-refractivity contribution in [2.75, 3.05) is 5.75 Å². The van der Waals surface area contributed by atoms with Crippen molar-refractivity contribution >= 4 is 23.3 Å². The minimum absolute atomic E-state index is 0.0656. The van der Waals surface area contributed by atoms with Crippen molar-refractivity contribution in [2.45, 2.75) is 25.8 Å². The van der Waals surface area contributed by atoms with E-state index in [0.29, 0.717) is 35.9 Å². The molecule has 5 nitrogen and oxygen atoms in total. The number of amides is 1. The van der Waals surface area contributed by atoms with Crippen molar-refractivity contribution in [1.82, 2.24) is 14.3 Å². The molecule has 0 fully saturated rings. The van der Waals surface area contributed by atoms with E-state index >= 15 is 0 Å². The van der Waals surface area contributed by atoms with Gasteiger partial charge < -0.3 is 4.90 Å². The molecule has 0 bridgehead atoms. The highest BCUT2D eigenvalue weighted by atomic mass is 32.2. The fourth-order valence-electron chi connectivity index (χ4n) is 3.51. The zero-order valence-electron chi connectivity index (χ0n) is 18.0. The molecular formula is C26H25N3O2S. The van der Waals surface area contributed by atoms with Gasteiger partial charge in [-0.2, -0.15) is 0 Å². The van der Waals surface area contributed by atoms with Crippen LogP contribution in [0.1, 0.15) is 22.4 Å². The van der Waals surface area contributed by atoms with E-state index in [0.717, 1.165) is 16.7 Å². The molecule has 0 aliphatic rings. The highest BCUT2D eigenvalue weighted by molar-refractivity contribution is 7.99. The summed E-state index contributed by atoms with van der Waals surface area (Å²) < 4.78 is 1.55. The first kappa shape index (κ1) is 21.8. The van der Waals surface area contributed by atoms with E-state index in [2.05, 4.69) is 4.98 Å². The van der Waals surface area contributed by atoms with E-state index in [-0.39, 0.29) is 11.5 Å². The van der Waals surface area contributed by atoms with Crippen molar-refractivity contribution in [3.05, 3.63) is 118 Å². The molecule has 0 saturated heterocycles. The summed E-state index contributed by atoms with van der Waals surface area (Å²) in [6, 6.07) is 25.4. The number of nitrogens with zero attached hydrogens (tertiary/aromatic N) is 3. The van der Waals surface area contributed by atoms with Gasteiger partial charge in [-0.3, -0.25) is 14.0 Å². The van der Waals surface area contributed by atoms with Gasteiger partial charge in [0.25, 0.3) is 5.56 Å². The quantitative estimate of drug-likeness (QED) is 0.403. The molecule has 2 aromatic heterocycles. The number of carbonyl (C=O) groups is 1. The average molecular weight is 444 g/mol. The molecule has 0 unspecified atom stereocenters. The first-order valence-electron chi connectivity index (χ1n) is 10.5. The van der Waals surface area contributed by atoms with Crippen LogP contribution in [0.5, 0.6) is 0 Å². The number of pyridine rings is 1. The van der Waals surface area contributed by atoms with Crippen LogP contribution in [0, 0.1) is 6.92 Å². The Hall–Kier alpha value is -3.38. The molecule has 4 rings (SSSR count). The Morgan fingerprint density at radius 1 is 0.938 bits per heavy atom. The molecule has 0 spiro atoms. The highest BCUT2D eigenvalue weighted by Crippen LogP contribution is 2.15. The topological polar surface area (TPSA) is 54.7 Å². The van der Waals surface area contributed by atoms with Crippen LogP contribution in [-0.4, -0.2) is 25.9 Å². The van der Waals surface area contributed by atoms with E-state index in [9.17, 15) is 9.59 Å². The van der Waals surface area contributed by atoms with Crippen molar-refractivity contribution in [1.29, 1.82) is 0 Å². The summed E-state index contributed by atoms with van der Waals surface area (Å²) in [7, 11) is 0. The molecule has 0 N–H and O–H groups in total. The lowest BCUT2D eigenvalue weighted by Crippen LogP contribution is -2.31. The molecule has 2 heterocycles. The highest BCUT2D eigenvalue weighted by Gasteiger charge is 2.15. The number of aryl methyl sites for hydroxylation is 1. The summed E-state index contributed by atoms with van der Waals surface area (Å²) in [4.78, 5) is 31.9. The van der Waals surface area contributed by atoms with Gasteiger partial charge in [0.05, 0.1) is 11.4 Å². The summed E-state index contributed by atoms with van der Waals surface area (Å²) in [6.07, 6.45) is 1.79. The first-order chi connectivity index (χ1) is 15.6. The predicted octanol–water partition coefficient (Wildman–Crippen LogP) is 4.47. The van der Waals surface area contributed by atoms with Crippen LogP contribution in [0.15, 0.2) is 89.9 Å². The Labute approximate surface area is 191 Å². The normalized spacial score (nSPS) is 10.9. The van der Waals surface area contributed by atoms with E-state index < -0.39 is 0 Å². The molecule has 0 radical (unpaired) electrons. The van der Waals surface area contributed by atoms with Crippen LogP contribution in [-0.2, 0) is 23.6 Å². The minimum Gasteiger partial charge on any atom is -0.333 e. The average Bonchev–Trinajstić information content (AvgIpc) is 2.80. The zero-order valence-corrected chi connectivity index (χ0v) is 18.8. The van der Waals surface area contributed by atoms with Crippen LogP contribution in [0.4, 0.5) is 0 Å². The molecule has 2 aromatic carbocycles. The SMILES string of the molecule is Cc1ccc2nc(CSCC(=O)N(Cc3ccccc3)Cc3ccccc3)cc(=O)n2c1. The molecule has 162 valence electrons. The Balaban J connectivity index is 1.43. The lowest BCUT2D eigenvalue weighted by Gasteiger charge is -2.23. The van der Waals surface area contributed by atoms with Gasteiger partial charge in [-0.15, -0.1) is 11.8 Å². The van der Waals surface area contributed by atoms with E-state index in [1.165, 1.54) is 11.8 Å². The Bertz CT molecular complexity index is 1220. The second-order valence-corrected chi connectivity index (χ2v) is 8.72. The maximum absolute atomic E-state index is 13.1. The van der Waals surface area contributed by atoms with Gasteiger partial charge in [0.15, 0.2) is 0 Å². The fraction of sp³-hybridized carbons (Fsp3) is 0.192. The smallest absolute Gasteiger partial charge is 0.258 e. The Morgan fingerprint density at radius 3 is 2.19 bits per heavy atom. The standard InChI is InChI=1S/C26H25N3O2S/c1-20-12-13-24-27-23(14-25(30)29(24)15-20)18-32-19-26(31)28(16-21-8-4-2-5-9-21)17-22-10-6-3-7-11-22/h2-15H,16-19H2,1H3. The van der Waals surface area contributed by atoms with Gasteiger partial charge in [-0.1, -0.05) is 66.7 Å². The molecule has 0 atom stereocenters. The van der Waals surface area contributed by atoms with Gasteiger partial charge in [0.2, 0.25) is 5.91 Å². The van der Waals surface area contributed by atoms with Crippen molar-refractivity contribution in [3.8, 4) is 0 Å². The number of thioether (sulfide) groups is 1. The number of aromatic nitrogens is 2. The van der Waals surface area contributed by atoms with E-state index in [1.54, 1.807) is 16.7 Å². The molecule has 1 amide bonds. The summed E-state index contributed by atoms with van der Waals surface area (Å²) in [5.41, 5.74) is 4.41. The molecule has 0 aliphatic carbocycles. The van der Waals surface area contributed by atoms with Crippen LogP contribution >= 0.6 is 11.8 Å². The maximum atomic E-state index is 13.1. The number of hydrogen-bond acceptors (Lipinski definition) is 4. The summed E-state index contributed by atoms with van der Waals surface area (Å²) in [5, 5.41) is 0. The Morgan fingerprint density at radius 2 is 1.56 bits per heavy atom. The van der Waals surface area contributed by atoms with Crippen LogP contribution in [0.2, 0.25) is 0 Å².